The average molecular weight is 168 g/mol. The Hall–Kier alpha value is -0.570. The molecule has 2 unspecified atom stereocenters. The van der Waals surface area contributed by atoms with Crippen LogP contribution < -0.4 is 5.32 Å². The maximum Gasteiger partial charge on any atom is 0.224 e. The molecule has 2 aliphatic heterocycles. The van der Waals surface area contributed by atoms with Crippen LogP contribution in [-0.2, 0) is 4.79 Å². The Morgan fingerprint density at radius 2 is 2.33 bits per heavy atom. The minimum Gasteiger partial charge on any atom is -0.356 e. The molecular weight excluding hydrogens is 152 g/mol. The third-order valence-electron chi connectivity index (χ3n) is 3.13. The highest BCUT2D eigenvalue weighted by Gasteiger charge is 2.36. The second-order valence-corrected chi connectivity index (χ2v) is 3.88. The van der Waals surface area contributed by atoms with Crippen LogP contribution in [-0.4, -0.2) is 37.0 Å². The summed E-state index contributed by atoms with van der Waals surface area (Å²) in [5.74, 6) is 0.551. The number of fused-ring (bicyclic) bond motifs is 1. The summed E-state index contributed by atoms with van der Waals surface area (Å²) >= 11 is 0. The summed E-state index contributed by atoms with van der Waals surface area (Å²) in [6.07, 6.45) is 3.39. The Balaban J connectivity index is 2.10. The van der Waals surface area contributed by atoms with E-state index in [-0.39, 0.29) is 11.8 Å². The summed E-state index contributed by atoms with van der Waals surface area (Å²) in [5, 5.41) is 2.94. The summed E-state index contributed by atoms with van der Waals surface area (Å²) in [6.45, 7) is 2.03. The monoisotopic (exact) mass is 168 g/mol. The van der Waals surface area contributed by atoms with Crippen molar-refractivity contribution in [3.8, 4) is 0 Å². The van der Waals surface area contributed by atoms with Crippen LogP contribution in [0.15, 0.2) is 0 Å². The first-order valence-corrected chi connectivity index (χ1v) is 4.77. The lowest BCUT2D eigenvalue weighted by Gasteiger charge is -2.41. The van der Waals surface area contributed by atoms with Gasteiger partial charge in [0.15, 0.2) is 0 Å². The lowest BCUT2D eigenvalue weighted by molar-refractivity contribution is -0.131. The van der Waals surface area contributed by atoms with Crippen molar-refractivity contribution in [3.63, 3.8) is 0 Å². The molecular formula is C9H16N2O. The van der Waals surface area contributed by atoms with E-state index in [0.29, 0.717) is 6.04 Å². The minimum absolute atomic E-state index is 0.275. The van der Waals surface area contributed by atoms with Crippen molar-refractivity contribution >= 4 is 5.91 Å². The fraction of sp³-hybridized carbons (Fsp3) is 0.889. The first-order chi connectivity index (χ1) is 5.79. The number of carbonyl (C=O) groups is 1. The van der Waals surface area contributed by atoms with Gasteiger partial charge in [-0.15, -0.1) is 0 Å². The normalized spacial score (nSPS) is 37.2. The molecule has 0 bridgehead atoms. The maximum atomic E-state index is 11.4. The van der Waals surface area contributed by atoms with Crippen LogP contribution in [0.2, 0.25) is 0 Å². The molecule has 3 heteroatoms. The molecule has 2 rings (SSSR count). The van der Waals surface area contributed by atoms with Crippen molar-refractivity contribution in [1.29, 1.82) is 0 Å². The van der Waals surface area contributed by atoms with E-state index in [1.807, 2.05) is 0 Å². The molecule has 0 saturated carbocycles. The van der Waals surface area contributed by atoms with E-state index < -0.39 is 0 Å². The van der Waals surface area contributed by atoms with Crippen LogP contribution in [0.25, 0.3) is 0 Å². The predicted molar refractivity (Wildman–Crippen MR) is 46.8 cm³/mol. The number of amides is 1. The molecule has 68 valence electrons. The van der Waals surface area contributed by atoms with Crippen LogP contribution in [0.5, 0.6) is 0 Å². The Kier molecular flexibility index (Phi) is 2.05. The highest BCUT2D eigenvalue weighted by Crippen LogP contribution is 2.26. The topological polar surface area (TPSA) is 32.3 Å². The number of carbonyl (C=O) groups excluding carboxylic acids is 1. The van der Waals surface area contributed by atoms with Gasteiger partial charge in [-0.3, -0.25) is 4.79 Å². The van der Waals surface area contributed by atoms with Crippen LogP contribution in [0, 0.1) is 5.92 Å². The van der Waals surface area contributed by atoms with Gasteiger partial charge in [0.25, 0.3) is 0 Å². The number of likely N-dealkylation sites (tertiary alicyclic amines) is 1. The average Bonchev–Trinajstić information content (AvgIpc) is 2.07. The zero-order chi connectivity index (χ0) is 8.55. The van der Waals surface area contributed by atoms with Gasteiger partial charge < -0.3 is 10.2 Å². The third-order valence-corrected chi connectivity index (χ3v) is 3.13. The lowest BCUT2D eigenvalue weighted by atomic mass is 9.84. The van der Waals surface area contributed by atoms with E-state index in [0.717, 1.165) is 25.9 Å². The van der Waals surface area contributed by atoms with Gasteiger partial charge in [-0.1, -0.05) is 0 Å². The molecule has 0 spiro atoms. The van der Waals surface area contributed by atoms with Crippen LogP contribution in [0.1, 0.15) is 19.3 Å². The number of nitrogens with zero attached hydrogens (tertiary/aromatic N) is 1. The summed E-state index contributed by atoms with van der Waals surface area (Å²) in [7, 11) is 2.13. The number of hydrogen-bond acceptors (Lipinski definition) is 2. The van der Waals surface area contributed by atoms with Crippen LogP contribution in [0.4, 0.5) is 0 Å². The lowest BCUT2D eigenvalue weighted by Crippen LogP contribution is -2.54. The van der Waals surface area contributed by atoms with Gasteiger partial charge in [0.1, 0.15) is 0 Å². The smallest absolute Gasteiger partial charge is 0.224 e. The van der Waals surface area contributed by atoms with Gasteiger partial charge in [0.05, 0.1) is 5.92 Å². The Morgan fingerprint density at radius 3 is 3.08 bits per heavy atom. The van der Waals surface area contributed by atoms with Crippen molar-refractivity contribution in [3.05, 3.63) is 0 Å². The minimum atomic E-state index is 0.275. The van der Waals surface area contributed by atoms with Gasteiger partial charge in [-0.25, -0.2) is 0 Å². The first kappa shape index (κ1) is 8.05. The fourth-order valence-corrected chi connectivity index (χ4v) is 2.43. The van der Waals surface area contributed by atoms with Gasteiger partial charge in [0.2, 0.25) is 5.91 Å². The van der Waals surface area contributed by atoms with E-state index in [1.54, 1.807) is 0 Å². The summed E-state index contributed by atoms with van der Waals surface area (Å²) in [6, 6.07) is 0.521. The molecule has 0 aromatic carbocycles. The molecule has 1 amide bonds. The predicted octanol–water partition coefficient (Wildman–Crippen LogP) is 0.217. The SMILES string of the molecule is CN1CCCC2C(=O)NCCC21. The van der Waals surface area contributed by atoms with E-state index in [2.05, 4.69) is 17.3 Å². The van der Waals surface area contributed by atoms with E-state index >= 15 is 0 Å². The highest BCUT2D eigenvalue weighted by molar-refractivity contribution is 5.80. The molecule has 1 N–H and O–H groups in total. The molecule has 0 aromatic heterocycles. The van der Waals surface area contributed by atoms with Crippen molar-refractivity contribution in [1.82, 2.24) is 10.2 Å². The number of rotatable bonds is 0. The molecule has 2 atom stereocenters. The Bertz CT molecular complexity index is 193. The first-order valence-electron chi connectivity index (χ1n) is 4.77. The van der Waals surface area contributed by atoms with Crippen LogP contribution in [0.3, 0.4) is 0 Å². The van der Waals surface area contributed by atoms with Crippen LogP contribution >= 0.6 is 0 Å². The summed E-state index contributed by atoms with van der Waals surface area (Å²) in [4.78, 5) is 13.8. The van der Waals surface area contributed by atoms with Crippen molar-refractivity contribution in [2.45, 2.75) is 25.3 Å². The second kappa shape index (κ2) is 3.05. The van der Waals surface area contributed by atoms with Gasteiger partial charge >= 0.3 is 0 Å². The summed E-state index contributed by atoms with van der Waals surface area (Å²) in [5.41, 5.74) is 0. The van der Waals surface area contributed by atoms with Crippen molar-refractivity contribution in [2.24, 2.45) is 5.92 Å². The van der Waals surface area contributed by atoms with Gasteiger partial charge in [0, 0.05) is 12.6 Å². The third kappa shape index (κ3) is 1.22. The Morgan fingerprint density at radius 1 is 1.50 bits per heavy atom. The number of piperidine rings is 2. The number of nitrogens with one attached hydrogen (secondary N) is 1. The quantitative estimate of drug-likeness (QED) is 0.561. The molecule has 0 aromatic rings. The second-order valence-electron chi connectivity index (χ2n) is 3.88. The van der Waals surface area contributed by atoms with E-state index in [9.17, 15) is 4.79 Å². The summed E-state index contributed by atoms with van der Waals surface area (Å²) < 4.78 is 0. The van der Waals surface area contributed by atoms with E-state index in [1.165, 1.54) is 6.42 Å². The zero-order valence-electron chi connectivity index (χ0n) is 7.55. The Labute approximate surface area is 73.1 Å². The van der Waals surface area contributed by atoms with Gasteiger partial charge in [-0.2, -0.15) is 0 Å². The fourth-order valence-electron chi connectivity index (χ4n) is 2.43. The maximum absolute atomic E-state index is 11.4. The molecule has 2 heterocycles. The molecule has 3 nitrogen and oxygen atoms in total. The molecule has 0 radical (unpaired) electrons. The molecule has 2 saturated heterocycles. The zero-order valence-corrected chi connectivity index (χ0v) is 7.55. The van der Waals surface area contributed by atoms with Crippen molar-refractivity contribution in [2.75, 3.05) is 20.1 Å². The largest absolute Gasteiger partial charge is 0.356 e. The highest BCUT2D eigenvalue weighted by atomic mass is 16.2. The molecule has 12 heavy (non-hydrogen) atoms. The van der Waals surface area contributed by atoms with Crippen molar-refractivity contribution < 1.29 is 4.79 Å². The standard InChI is InChI=1S/C9H16N2O/c1-11-6-2-3-7-8(11)4-5-10-9(7)12/h7-8H,2-6H2,1H3,(H,10,12). The molecule has 2 fully saturated rings. The van der Waals surface area contributed by atoms with E-state index in [4.69, 9.17) is 0 Å². The molecule has 0 aliphatic carbocycles. The van der Waals surface area contributed by atoms with Gasteiger partial charge in [-0.05, 0) is 32.9 Å². The number of hydrogen-bond donors (Lipinski definition) is 1. The molecule has 2 aliphatic rings.